The van der Waals surface area contributed by atoms with Crippen molar-refractivity contribution < 1.29 is 14.7 Å². The van der Waals surface area contributed by atoms with E-state index in [-0.39, 0.29) is 18.1 Å². The minimum absolute atomic E-state index is 0.203. The molecule has 1 rings (SSSR count). The van der Waals surface area contributed by atoms with Gasteiger partial charge in [0.05, 0.1) is 17.0 Å². The Morgan fingerprint density at radius 1 is 1.25 bits per heavy atom. The average Bonchev–Trinajstić information content (AvgIpc) is 2.43. The van der Waals surface area contributed by atoms with Gasteiger partial charge in [0.1, 0.15) is 0 Å². The first-order chi connectivity index (χ1) is 9.34. The molecule has 2 amide bonds. The zero-order valence-corrected chi connectivity index (χ0v) is 11.4. The van der Waals surface area contributed by atoms with E-state index in [1.165, 1.54) is 12.1 Å². The summed E-state index contributed by atoms with van der Waals surface area (Å²) in [4.78, 5) is 22.2. The average molecular weight is 275 g/mol. The van der Waals surface area contributed by atoms with Crippen LogP contribution in [0.25, 0.3) is 0 Å². The van der Waals surface area contributed by atoms with E-state index in [9.17, 15) is 9.59 Å². The molecule has 0 aromatic heterocycles. The highest BCUT2D eigenvalue weighted by Gasteiger charge is 2.17. The van der Waals surface area contributed by atoms with Gasteiger partial charge in [-0.15, -0.1) is 0 Å². The van der Waals surface area contributed by atoms with Crippen molar-refractivity contribution in [3.05, 3.63) is 35.4 Å². The molecular formula is C14H17N3O3. The van der Waals surface area contributed by atoms with Gasteiger partial charge in [0.25, 0.3) is 0 Å². The summed E-state index contributed by atoms with van der Waals surface area (Å²) >= 11 is 0. The van der Waals surface area contributed by atoms with E-state index in [0.717, 1.165) is 5.56 Å². The molecule has 3 N–H and O–H groups in total. The number of carbonyl (C=O) groups excluding carboxylic acids is 1. The van der Waals surface area contributed by atoms with Crippen LogP contribution in [-0.4, -0.2) is 23.7 Å². The Morgan fingerprint density at radius 3 is 2.35 bits per heavy atom. The first-order valence-corrected chi connectivity index (χ1v) is 6.09. The zero-order valence-electron chi connectivity index (χ0n) is 11.4. The van der Waals surface area contributed by atoms with E-state index in [2.05, 4.69) is 16.7 Å². The van der Waals surface area contributed by atoms with Crippen LogP contribution >= 0.6 is 0 Å². The molecule has 0 aliphatic carbocycles. The maximum absolute atomic E-state index is 11.5. The van der Waals surface area contributed by atoms with Crippen molar-refractivity contribution in [1.82, 2.24) is 10.6 Å². The fourth-order valence-corrected chi connectivity index (χ4v) is 1.35. The first-order valence-electron chi connectivity index (χ1n) is 6.09. The van der Waals surface area contributed by atoms with E-state index in [1.807, 2.05) is 0 Å². The lowest BCUT2D eigenvalue weighted by atomic mass is 9.96. The molecule has 0 heterocycles. The quantitative estimate of drug-likeness (QED) is 0.761. The largest absolute Gasteiger partial charge is 0.478 e. The summed E-state index contributed by atoms with van der Waals surface area (Å²) in [6.07, 6.45) is 0. The number of urea groups is 1. The summed E-state index contributed by atoms with van der Waals surface area (Å²) < 4.78 is 0. The molecule has 1 aromatic carbocycles. The van der Waals surface area contributed by atoms with Crippen molar-refractivity contribution in [3.63, 3.8) is 0 Å². The van der Waals surface area contributed by atoms with Gasteiger partial charge in [0.15, 0.2) is 0 Å². The number of carboxylic acid groups (broad SMARTS) is 1. The molecule has 0 radical (unpaired) electrons. The van der Waals surface area contributed by atoms with Gasteiger partial charge < -0.3 is 15.7 Å². The second-order valence-electron chi connectivity index (χ2n) is 5.03. The standard InChI is InChI=1S/C14H17N3O3/c1-14(2,8-15)9-17-13(20)16-7-10-3-5-11(6-4-10)12(18)19/h3-6H,7,9H2,1-2H3,(H,18,19)(H2,16,17,20). The number of carbonyl (C=O) groups is 2. The van der Waals surface area contributed by atoms with Crippen LogP contribution in [0.4, 0.5) is 4.79 Å². The summed E-state index contributed by atoms with van der Waals surface area (Å²) in [5.41, 5.74) is 0.388. The molecule has 0 aliphatic rings. The minimum Gasteiger partial charge on any atom is -0.478 e. The van der Waals surface area contributed by atoms with Gasteiger partial charge >= 0.3 is 12.0 Å². The molecule has 0 saturated heterocycles. The molecule has 0 aliphatic heterocycles. The number of amides is 2. The second-order valence-corrected chi connectivity index (χ2v) is 5.03. The molecule has 1 aromatic rings. The van der Waals surface area contributed by atoms with E-state index in [4.69, 9.17) is 10.4 Å². The molecule has 0 spiro atoms. The molecule has 0 bridgehead atoms. The van der Waals surface area contributed by atoms with Gasteiger partial charge in [-0.05, 0) is 31.5 Å². The van der Waals surface area contributed by atoms with Gasteiger partial charge in [-0.3, -0.25) is 0 Å². The van der Waals surface area contributed by atoms with E-state index in [0.29, 0.717) is 6.54 Å². The molecular weight excluding hydrogens is 258 g/mol. The van der Waals surface area contributed by atoms with Crippen molar-refractivity contribution in [2.45, 2.75) is 20.4 Å². The van der Waals surface area contributed by atoms with Crippen LogP contribution in [0, 0.1) is 16.7 Å². The van der Waals surface area contributed by atoms with Crippen LogP contribution in [-0.2, 0) is 6.54 Å². The summed E-state index contributed by atoms with van der Waals surface area (Å²) in [5, 5.41) is 22.8. The van der Waals surface area contributed by atoms with Crippen molar-refractivity contribution in [2.24, 2.45) is 5.41 Å². The topological polar surface area (TPSA) is 102 Å². The predicted octanol–water partition coefficient (Wildman–Crippen LogP) is 1.73. The first kappa shape index (κ1) is 15.5. The number of nitrogens with one attached hydrogen (secondary N) is 2. The third-order valence-corrected chi connectivity index (χ3v) is 2.65. The van der Waals surface area contributed by atoms with Crippen molar-refractivity contribution in [1.29, 1.82) is 5.26 Å². The summed E-state index contributed by atoms with van der Waals surface area (Å²) in [6, 6.07) is 7.97. The molecule has 6 nitrogen and oxygen atoms in total. The van der Waals surface area contributed by atoms with Gasteiger partial charge in [-0.2, -0.15) is 5.26 Å². The minimum atomic E-state index is -0.985. The van der Waals surface area contributed by atoms with E-state index >= 15 is 0 Å². The van der Waals surface area contributed by atoms with Crippen molar-refractivity contribution >= 4 is 12.0 Å². The Hall–Kier alpha value is -2.55. The maximum Gasteiger partial charge on any atom is 0.335 e. The number of hydrogen-bond donors (Lipinski definition) is 3. The van der Waals surface area contributed by atoms with E-state index < -0.39 is 11.4 Å². The summed E-state index contributed by atoms with van der Waals surface area (Å²) in [5.74, 6) is -0.985. The number of nitriles is 1. The fourth-order valence-electron chi connectivity index (χ4n) is 1.35. The zero-order chi connectivity index (χ0) is 15.2. The number of benzene rings is 1. The normalized spacial score (nSPS) is 10.4. The lowest BCUT2D eigenvalue weighted by Crippen LogP contribution is -2.40. The van der Waals surface area contributed by atoms with Crippen molar-refractivity contribution in [3.8, 4) is 6.07 Å². The van der Waals surface area contributed by atoms with Crippen LogP contribution in [0.5, 0.6) is 0 Å². The van der Waals surface area contributed by atoms with Crippen LogP contribution in [0.1, 0.15) is 29.8 Å². The van der Waals surface area contributed by atoms with Gasteiger partial charge in [0, 0.05) is 13.1 Å². The van der Waals surface area contributed by atoms with Gasteiger partial charge in [0.2, 0.25) is 0 Å². The van der Waals surface area contributed by atoms with Crippen molar-refractivity contribution in [2.75, 3.05) is 6.54 Å². The summed E-state index contributed by atoms with van der Waals surface area (Å²) in [6.45, 7) is 4.02. The number of hydrogen-bond acceptors (Lipinski definition) is 3. The molecule has 0 fully saturated rings. The fraction of sp³-hybridized carbons (Fsp3) is 0.357. The lowest BCUT2D eigenvalue weighted by Gasteiger charge is -2.16. The Morgan fingerprint density at radius 2 is 1.85 bits per heavy atom. The number of aromatic carboxylic acids is 1. The highest BCUT2D eigenvalue weighted by molar-refractivity contribution is 5.87. The lowest BCUT2D eigenvalue weighted by molar-refractivity contribution is 0.0697. The van der Waals surface area contributed by atoms with Crippen LogP contribution in [0.15, 0.2) is 24.3 Å². The Kier molecular flexibility index (Phi) is 5.09. The van der Waals surface area contributed by atoms with Crippen LogP contribution in [0.2, 0.25) is 0 Å². The third kappa shape index (κ3) is 4.98. The molecule has 106 valence electrons. The molecule has 0 saturated carbocycles. The number of carboxylic acids is 1. The molecule has 0 unspecified atom stereocenters. The van der Waals surface area contributed by atoms with Gasteiger partial charge in [-0.1, -0.05) is 12.1 Å². The second kappa shape index (κ2) is 6.57. The SMILES string of the molecule is CC(C)(C#N)CNC(=O)NCc1ccc(C(=O)O)cc1. The third-order valence-electron chi connectivity index (χ3n) is 2.65. The van der Waals surface area contributed by atoms with Gasteiger partial charge in [-0.25, -0.2) is 9.59 Å². The highest BCUT2D eigenvalue weighted by atomic mass is 16.4. The highest BCUT2D eigenvalue weighted by Crippen LogP contribution is 2.10. The number of rotatable bonds is 5. The predicted molar refractivity (Wildman–Crippen MR) is 73.0 cm³/mol. The molecule has 0 atom stereocenters. The van der Waals surface area contributed by atoms with E-state index in [1.54, 1.807) is 26.0 Å². The Labute approximate surface area is 117 Å². The smallest absolute Gasteiger partial charge is 0.335 e. The molecule has 6 heteroatoms. The Balaban J connectivity index is 2.42. The number of nitrogens with zero attached hydrogens (tertiary/aromatic N) is 1. The Bertz CT molecular complexity index is 530. The monoisotopic (exact) mass is 275 g/mol. The van der Waals surface area contributed by atoms with Crippen LogP contribution < -0.4 is 10.6 Å². The summed E-state index contributed by atoms with van der Waals surface area (Å²) in [7, 11) is 0. The molecule has 20 heavy (non-hydrogen) atoms. The van der Waals surface area contributed by atoms with Crippen LogP contribution in [0.3, 0.4) is 0 Å². The maximum atomic E-state index is 11.5.